The number of carboxylic acids is 4. The van der Waals surface area contributed by atoms with E-state index in [2.05, 4.69) is 0 Å². The highest BCUT2D eigenvalue weighted by molar-refractivity contribution is 5.99. The Hall–Kier alpha value is -5.67. The van der Waals surface area contributed by atoms with Crippen LogP contribution < -0.4 is 4.74 Å². The highest BCUT2D eigenvalue weighted by atomic mass is 16.6. The summed E-state index contributed by atoms with van der Waals surface area (Å²) in [6.07, 6.45) is 0.0584. The van der Waals surface area contributed by atoms with Gasteiger partial charge in [-0.05, 0) is 48.2 Å². The van der Waals surface area contributed by atoms with E-state index in [0.717, 1.165) is 0 Å². The first-order chi connectivity index (χ1) is 22.3. The fraction of sp³-hybridized carbons (Fsp3) is 0.281. The van der Waals surface area contributed by atoms with Crippen LogP contribution in [0.5, 0.6) is 23.0 Å². The van der Waals surface area contributed by atoms with Crippen molar-refractivity contribution in [1.82, 2.24) is 9.80 Å². The first kappa shape index (κ1) is 32.7. The minimum atomic E-state index is -1.61. The molecule has 0 fully saturated rings. The minimum Gasteiger partial charge on any atom is -0.508 e. The smallest absolute Gasteiger partial charge is 0.340 e. The normalized spacial score (nSPS) is 13.9. The Morgan fingerprint density at radius 3 is 1.55 bits per heavy atom. The summed E-state index contributed by atoms with van der Waals surface area (Å²) in [6.45, 7) is -2.45. The Balaban J connectivity index is 1.66. The van der Waals surface area contributed by atoms with E-state index in [4.69, 9.17) is 9.47 Å². The number of carbonyl (C=O) groups is 5. The Labute approximate surface area is 266 Å². The summed E-state index contributed by atoms with van der Waals surface area (Å²) < 4.78 is 12.2. The molecular formula is C32H30N2O13. The molecule has 0 aromatic heterocycles. The number of rotatable bonds is 14. The second kappa shape index (κ2) is 13.0. The molecule has 15 nitrogen and oxygen atoms in total. The minimum absolute atomic E-state index is 0.0243. The standard InChI is InChI=1S/C32H30N2O13/c35-18-2-5-21-24(11-18)46-25-12-19(36)3-6-22(25)32(21)23-4-1-17(7-9-33(13-26(37)38)14-27(39)40)20(30(23)31(45)47-32)8-10-34(15-28(41)42)16-29(43)44/h1-6,11-12,35-36H,7-10,13-16H2,(H,37,38)(H,39,40)(H,41,42)(H,43,44). The highest BCUT2D eigenvalue weighted by Crippen LogP contribution is 2.57. The van der Waals surface area contributed by atoms with Gasteiger partial charge in [0.15, 0.2) is 5.60 Å². The molecule has 3 aromatic rings. The van der Waals surface area contributed by atoms with E-state index in [-0.39, 0.29) is 54.5 Å². The largest absolute Gasteiger partial charge is 0.508 e. The van der Waals surface area contributed by atoms with Crippen molar-refractivity contribution in [2.45, 2.75) is 18.4 Å². The van der Waals surface area contributed by atoms with Gasteiger partial charge in [0.05, 0.1) is 31.7 Å². The third-order valence-electron chi connectivity index (χ3n) is 7.96. The molecule has 0 atom stereocenters. The van der Waals surface area contributed by atoms with E-state index in [1.165, 1.54) is 46.2 Å². The molecule has 2 aliphatic heterocycles. The van der Waals surface area contributed by atoms with Crippen LogP contribution in [0.1, 0.15) is 38.2 Å². The van der Waals surface area contributed by atoms with Gasteiger partial charge in [-0.25, -0.2) is 4.79 Å². The number of aromatic hydroxyl groups is 2. The third kappa shape index (κ3) is 6.66. The van der Waals surface area contributed by atoms with Crippen molar-refractivity contribution in [2.75, 3.05) is 39.3 Å². The predicted molar refractivity (Wildman–Crippen MR) is 159 cm³/mol. The number of hydrogen-bond acceptors (Lipinski definition) is 11. The van der Waals surface area contributed by atoms with Crippen molar-refractivity contribution >= 4 is 29.8 Å². The molecule has 0 saturated heterocycles. The highest BCUT2D eigenvalue weighted by Gasteiger charge is 2.54. The van der Waals surface area contributed by atoms with Crippen LogP contribution in [0.4, 0.5) is 0 Å². The van der Waals surface area contributed by atoms with Crippen LogP contribution in [0.2, 0.25) is 0 Å². The molecule has 1 spiro atoms. The Morgan fingerprint density at radius 1 is 0.638 bits per heavy atom. The maximum absolute atomic E-state index is 14.0. The predicted octanol–water partition coefficient (Wildman–Crippen LogP) is 1.69. The van der Waals surface area contributed by atoms with Gasteiger partial charge in [-0.15, -0.1) is 0 Å². The number of ether oxygens (including phenoxy) is 2. The summed E-state index contributed by atoms with van der Waals surface area (Å²) in [6, 6.07) is 11.8. The van der Waals surface area contributed by atoms with Crippen LogP contribution in [0.15, 0.2) is 48.5 Å². The molecule has 0 radical (unpaired) electrons. The molecule has 0 saturated carbocycles. The zero-order valence-electron chi connectivity index (χ0n) is 24.7. The van der Waals surface area contributed by atoms with E-state index in [9.17, 15) is 54.6 Å². The number of fused-ring (bicyclic) bond motifs is 6. The molecule has 246 valence electrons. The van der Waals surface area contributed by atoms with Gasteiger partial charge in [0.2, 0.25) is 0 Å². The molecule has 2 heterocycles. The fourth-order valence-corrected chi connectivity index (χ4v) is 6.16. The van der Waals surface area contributed by atoms with Crippen LogP contribution in [-0.2, 0) is 42.4 Å². The van der Waals surface area contributed by atoms with E-state index in [1.54, 1.807) is 12.1 Å². The monoisotopic (exact) mass is 650 g/mol. The van der Waals surface area contributed by atoms with E-state index < -0.39 is 61.6 Å². The number of phenols is 2. The van der Waals surface area contributed by atoms with Crippen molar-refractivity contribution in [2.24, 2.45) is 0 Å². The summed E-state index contributed by atoms with van der Waals surface area (Å²) >= 11 is 0. The fourth-order valence-electron chi connectivity index (χ4n) is 6.16. The van der Waals surface area contributed by atoms with Crippen LogP contribution in [0.3, 0.4) is 0 Å². The second-order valence-corrected chi connectivity index (χ2v) is 11.2. The molecule has 6 N–H and O–H groups in total. The number of phenolic OH excluding ortho intramolecular Hbond substituents is 2. The maximum Gasteiger partial charge on any atom is 0.340 e. The summed E-state index contributed by atoms with van der Waals surface area (Å²) in [5.74, 6) is -5.72. The molecule has 15 heteroatoms. The summed E-state index contributed by atoms with van der Waals surface area (Å²) in [4.78, 5) is 62.1. The van der Waals surface area contributed by atoms with Crippen LogP contribution >= 0.6 is 0 Å². The van der Waals surface area contributed by atoms with Gasteiger partial charge in [-0.3, -0.25) is 29.0 Å². The summed E-state index contributed by atoms with van der Waals surface area (Å²) in [5, 5.41) is 57.7. The molecule has 0 unspecified atom stereocenters. The number of aliphatic carboxylic acids is 4. The summed E-state index contributed by atoms with van der Waals surface area (Å²) in [5.41, 5.74) is 0.481. The molecular weight excluding hydrogens is 620 g/mol. The van der Waals surface area contributed by atoms with Crippen molar-refractivity contribution in [3.63, 3.8) is 0 Å². The lowest BCUT2D eigenvalue weighted by molar-refractivity contribution is -0.143. The Kier molecular flexibility index (Phi) is 9.03. The average Bonchev–Trinajstić information content (AvgIpc) is 3.25. The van der Waals surface area contributed by atoms with Crippen molar-refractivity contribution in [3.8, 4) is 23.0 Å². The lowest BCUT2D eigenvalue weighted by Crippen LogP contribution is -2.37. The average molecular weight is 651 g/mol. The third-order valence-corrected chi connectivity index (χ3v) is 7.96. The van der Waals surface area contributed by atoms with Crippen molar-refractivity contribution in [3.05, 3.63) is 81.9 Å². The zero-order chi connectivity index (χ0) is 34.0. The van der Waals surface area contributed by atoms with Gasteiger partial charge in [0.1, 0.15) is 23.0 Å². The van der Waals surface area contributed by atoms with Crippen LogP contribution in [-0.4, -0.2) is 110 Å². The first-order valence-electron chi connectivity index (χ1n) is 14.3. The number of carboxylic acid groups (broad SMARTS) is 4. The number of nitrogens with zero attached hydrogens (tertiary/aromatic N) is 2. The van der Waals surface area contributed by atoms with Gasteiger partial charge in [0, 0.05) is 41.9 Å². The first-order valence-corrected chi connectivity index (χ1v) is 14.3. The topological polar surface area (TPSA) is 232 Å². The quantitative estimate of drug-likeness (QED) is 0.136. The SMILES string of the molecule is O=C(O)CN(CCc1ccc2c(c1CCN(CC(=O)O)CC(=O)O)C(=O)OC21c2ccc(O)cc2Oc2cc(O)ccc21)CC(=O)O. The molecule has 0 bridgehead atoms. The van der Waals surface area contributed by atoms with Gasteiger partial charge < -0.3 is 40.1 Å². The molecule has 0 amide bonds. The van der Waals surface area contributed by atoms with E-state index in [0.29, 0.717) is 27.8 Å². The van der Waals surface area contributed by atoms with Crippen molar-refractivity contribution in [1.29, 1.82) is 0 Å². The molecule has 47 heavy (non-hydrogen) atoms. The molecule has 5 rings (SSSR count). The van der Waals surface area contributed by atoms with Gasteiger partial charge in [0.25, 0.3) is 0 Å². The lowest BCUT2D eigenvalue weighted by Gasteiger charge is -2.36. The van der Waals surface area contributed by atoms with Crippen molar-refractivity contribution < 1.29 is 64.1 Å². The molecule has 3 aromatic carbocycles. The zero-order valence-corrected chi connectivity index (χ0v) is 24.7. The van der Waals surface area contributed by atoms with E-state index >= 15 is 0 Å². The van der Waals surface area contributed by atoms with Gasteiger partial charge >= 0.3 is 29.8 Å². The Bertz CT molecular complexity index is 1700. The molecule has 0 aliphatic carbocycles. The number of carbonyl (C=O) groups excluding carboxylic acids is 1. The Morgan fingerprint density at radius 2 is 1.09 bits per heavy atom. The number of benzene rings is 3. The number of esters is 1. The number of hydrogen-bond donors (Lipinski definition) is 6. The maximum atomic E-state index is 14.0. The lowest BCUT2D eigenvalue weighted by atomic mass is 9.76. The van der Waals surface area contributed by atoms with Crippen LogP contribution in [0.25, 0.3) is 0 Å². The van der Waals surface area contributed by atoms with Crippen LogP contribution in [0, 0.1) is 0 Å². The van der Waals surface area contributed by atoms with Gasteiger partial charge in [-0.1, -0.05) is 12.1 Å². The second-order valence-electron chi connectivity index (χ2n) is 11.2. The molecule has 2 aliphatic rings. The van der Waals surface area contributed by atoms with E-state index in [1.807, 2.05) is 0 Å². The summed E-state index contributed by atoms with van der Waals surface area (Å²) in [7, 11) is 0. The van der Waals surface area contributed by atoms with Gasteiger partial charge in [-0.2, -0.15) is 0 Å².